The lowest BCUT2D eigenvalue weighted by atomic mass is 9.53. The molecule has 1 spiro atoms. The molecule has 1 aromatic heterocycles. The highest BCUT2D eigenvalue weighted by atomic mass is 16.2. The monoisotopic (exact) mass is 425 g/mol. The zero-order valence-electron chi connectivity index (χ0n) is 18.5. The van der Waals surface area contributed by atoms with Gasteiger partial charge in [0.1, 0.15) is 0 Å². The summed E-state index contributed by atoms with van der Waals surface area (Å²) in [5.74, 6) is 2.00. The SMILES string of the molecule is O=C1CC2(C(=O)N1CCCCN1CCN(c3ncccn3)CC1)C1CCCC2CCC1. The van der Waals surface area contributed by atoms with E-state index < -0.39 is 0 Å². The van der Waals surface area contributed by atoms with Gasteiger partial charge < -0.3 is 4.90 Å². The molecule has 31 heavy (non-hydrogen) atoms. The van der Waals surface area contributed by atoms with Crippen LogP contribution < -0.4 is 4.90 Å². The molecule has 4 aliphatic rings. The van der Waals surface area contributed by atoms with Gasteiger partial charge in [0, 0.05) is 51.5 Å². The lowest BCUT2D eigenvalue weighted by Gasteiger charge is -2.49. The number of anilines is 1. The largest absolute Gasteiger partial charge is 0.338 e. The lowest BCUT2D eigenvalue weighted by Crippen LogP contribution is -2.50. The van der Waals surface area contributed by atoms with Gasteiger partial charge in [0.05, 0.1) is 5.41 Å². The van der Waals surface area contributed by atoms with Crippen LogP contribution in [0.3, 0.4) is 0 Å². The van der Waals surface area contributed by atoms with Crippen molar-refractivity contribution in [2.75, 3.05) is 44.2 Å². The summed E-state index contributed by atoms with van der Waals surface area (Å²) in [5.41, 5.74) is -0.330. The highest BCUT2D eigenvalue weighted by molar-refractivity contribution is 6.06. The predicted octanol–water partition coefficient (Wildman–Crippen LogP) is 2.72. The summed E-state index contributed by atoms with van der Waals surface area (Å²) >= 11 is 0. The Morgan fingerprint density at radius 3 is 2.13 bits per heavy atom. The van der Waals surface area contributed by atoms with Crippen LogP contribution in [0.25, 0.3) is 0 Å². The maximum absolute atomic E-state index is 13.5. The zero-order chi connectivity index (χ0) is 21.3. The van der Waals surface area contributed by atoms with E-state index in [1.54, 1.807) is 17.3 Å². The van der Waals surface area contributed by atoms with Gasteiger partial charge in [-0.15, -0.1) is 0 Å². The second kappa shape index (κ2) is 8.85. The van der Waals surface area contributed by atoms with Crippen LogP contribution in [0.15, 0.2) is 18.5 Å². The van der Waals surface area contributed by atoms with Gasteiger partial charge in [-0.3, -0.25) is 19.4 Å². The molecule has 0 N–H and O–H groups in total. The lowest BCUT2D eigenvalue weighted by molar-refractivity contribution is -0.149. The summed E-state index contributed by atoms with van der Waals surface area (Å²) in [6, 6.07) is 1.85. The molecule has 7 nitrogen and oxygen atoms in total. The molecule has 0 atom stereocenters. The van der Waals surface area contributed by atoms with E-state index in [9.17, 15) is 9.59 Å². The molecule has 2 bridgehead atoms. The quantitative estimate of drug-likeness (QED) is 0.516. The predicted molar refractivity (Wildman–Crippen MR) is 118 cm³/mol. The minimum Gasteiger partial charge on any atom is -0.338 e. The van der Waals surface area contributed by atoms with Crippen molar-refractivity contribution < 1.29 is 9.59 Å². The van der Waals surface area contributed by atoms with E-state index in [4.69, 9.17) is 0 Å². The average molecular weight is 426 g/mol. The maximum atomic E-state index is 13.5. The molecule has 2 aliphatic carbocycles. The molecule has 0 unspecified atom stereocenters. The topological polar surface area (TPSA) is 69.6 Å². The van der Waals surface area contributed by atoms with E-state index in [-0.39, 0.29) is 17.2 Å². The molecular formula is C24H35N5O2. The van der Waals surface area contributed by atoms with Gasteiger partial charge in [-0.1, -0.05) is 12.8 Å². The van der Waals surface area contributed by atoms with Gasteiger partial charge >= 0.3 is 0 Å². The molecule has 7 heteroatoms. The third-order valence-electron chi connectivity index (χ3n) is 8.37. The van der Waals surface area contributed by atoms with Crippen molar-refractivity contribution >= 4 is 17.8 Å². The molecule has 2 aliphatic heterocycles. The normalized spacial score (nSPS) is 31.6. The van der Waals surface area contributed by atoms with E-state index in [1.165, 1.54) is 12.8 Å². The summed E-state index contributed by atoms with van der Waals surface area (Å²) in [6.07, 6.45) is 13.1. The fourth-order valence-corrected chi connectivity index (χ4v) is 6.75. The molecule has 5 rings (SSSR count). The van der Waals surface area contributed by atoms with Crippen molar-refractivity contribution in [3.8, 4) is 0 Å². The van der Waals surface area contributed by atoms with Gasteiger partial charge in [-0.2, -0.15) is 0 Å². The van der Waals surface area contributed by atoms with Crippen LogP contribution in [0.4, 0.5) is 5.95 Å². The van der Waals surface area contributed by atoms with Crippen LogP contribution in [0, 0.1) is 17.3 Å². The fourth-order valence-electron chi connectivity index (χ4n) is 6.75. The van der Waals surface area contributed by atoms with Crippen LogP contribution in [0.5, 0.6) is 0 Å². The summed E-state index contributed by atoms with van der Waals surface area (Å²) < 4.78 is 0. The van der Waals surface area contributed by atoms with Gasteiger partial charge in [-0.05, 0) is 63.0 Å². The fraction of sp³-hybridized carbons (Fsp3) is 0.750. The summed E-state index contributed by atoms with van der Waals surface area (Å²) in [6.45, 7) is 5.53. The van der Waals surface area contributed by atoms with Gasteiger partial charge in [0.2, 0.25) is 17.8 Å². The van der Waals surface area contributed by atoms with Crippen molar-refractivity contribution in [1.29, 1.82) is 0 Å². The molecule has 4 fully saturated rings. The third-order valence-corrected chi connectivity index (χ3v) is 8.37. The number of imide groups is 1. The first-order chi connectivity index (χ1) is 15.2. The Kier molecular flexibility index (Phi) is 5.95. The van der Waals surface area contributed by atoms with Crippen molar-refractivity contribution in [2.45, 2.75) is 57.8 Å². The minimum absolute atomic E-state index is 0.0975. The Bertz CT molecular complexity index is 770. The molecule has 3 heterocycles. The molecule has 1 aromatic rings. The summed E-state index contributed by atoms with van der Waals surface area (Å²) in [5, 5.41) is 0. The minimum atomic E-state index is -0.330. The number of rotatable bonds is 6. The number of hydrogen-bond acceptors (Lipinski definition) is 6. The first-order valence-corrected chi connectivity index (χ1v) is 12.3. The zero-order valence-corrected chi connectivity index (χ0v) is 18.5. The van der Waals surface area contributed by atoms with E-state index in [0.717, 1.165) is 77.2 Å². The number of unbranched alkanes of at least 4 members (excludes halogenated alkanes) is 1. The number of piperazine rings is 1. The molecule has 168 valence electrons. The Morgan fingerprint density at radius 2 is 1.48 bits per heavy atom. The van der Waals surface area contributed by atoms with Crippen LogP contribution in [-0.2, 0) is 9.59 Å². The number of hydrogen-bond donors (Lipinski definition) is 0. The smallest absolute Gasteiger partial charge is 0.236 e. The average Bonchev–Trinajstić information content (AvgIpc) is 3.02. The number of aromatic nitrogens is 2. The van der Waals surface area contributed by atoms with E-state index in [2.05, 4.69) is 19.8 Å². The van der Waals surface area contributed by atoms with Crippen molar-refractivity contribution in [1.82, 2.24) is 19.8 Å². The van der Waals surface area contributed by atoms with Crippen molar-refractivity contribution in [3.05, 3.63) is 18.5 Å². The first-order valence-electron chi connectivity index (χ1n) is 12.3. The number of likely N-dealkylation sites (tertiary alicyclic amines) is 1. The Morgan fingerprint density at radius 1 is 0.871 bits per heavy atom. The number of nitrogens with zero attached hydrogens (tertiary/aromatic N) is 5. The van der Waals surface area contributed by atoms with E-state index >= 15 is 0 Å². The highest BCUT2D eigenvalue weighted by Crippen LogP contribution is 2.58. The van der Waals surface area contributed by atoms with Crippen molar-refractivity contribution in [3.63, 3.8) is 0 Å². The van der Waals surface area contributed by atoms with E-state index in [1.807, 2.05) is 6.07 Å². The Hall–Kier alpha value is -2.02. The third kappa shape index (κ3) is 3.86. The maximum Gasteiger partial charge on any atom is 0.236 e. The summed E-state index contributed by atoms with van der Waals surface area (Å²) in [7, 11) is 0. The highest BCUT2D eigenvalue weighted by Gasteiger charge is 2.61. The Balaban J connectivity index is 1.08. The number of carbonyl (C=O) groups is 2. The number of amides is 2. The van der Waals surface area contributed by atoms with Crippen molar-refractivity contribution in [2.24, 2.45) is 17.3 Å². The van der Waals surface area contributed by atoms with Crippen LogP contribution in [0.1, 0.15) is 57.8 Å². The van der Waals surface area contributed by atoms with Gasteiger partial charge in [0.15, 0.2) is 0 Å². The standard InChI is InChI=1S/C24H35N5O2/c30-21-18-24(19-6-3-7-20(24)9-4-8-19)22(31)29(21)13-2-1-12-27-14-16-28(17-15-27)23-25-10-5-11-26-23/h5,10-11,19-20H,1-4,6-9,12-18H2. The molecular weight excluding hydrogens is 390 g/mol. The molecule has 2 amide bonds. The number of carbonyl (C=O) groups excluding carboxylic acids is 2. The molecule has 0 aromatic carbocycles. The van der Waals surface area contributed by atoms with Crippen LogP contribution >= 0.6 is 0 Å². The van der Waals surface area contributed by atoms with E-state index in [0.29, 0.717) is 24.8 Å². The van der Waals surface area contributed by atoms with Crippen LogP contribution in [-0.4, -0.2) is 70.9 Å². The molecule has 0 radical (unpaired) electrons. The first kappa shape index (κ1) is 20.9. The second-order valence-electron chi connectivity index (χ2n) is 9.91. The Labute approximate surface area is 185 Å². The van der Waals surface area contributed by atoms with Gasteiger partial charge in [-0.25, -0.2) is 9.97 Å². The van der Waals surface area contributed by atoms with Gasteiger partial charge in [0.25, 0.3) is 0 Å². The van der Waals surface area contributed by atoms with Crippen LogP contribution in [0.2, 0.25) is 0 Å². The summed E-state index contributed by atoms with van der Waals surface area (Å²) in [4.78, 5) is 41.3. The molecule has 2 saturated heterocycles. The molecule has 2 saturated carbocycles. The second-order valence-corrected chi connectivity index (χ2v) is 9.91.